The molecule has 0 saturated heterocycles. The topological polar surface area (TPSA) is 42.8 Å². The third-order valence-electron chi connectivity index (χ3n) is 4.41. The summed E-state index contributed by atoms with van der Waals surface area (Å²) < 4.78 is 28.8. The van der Waals surface area contributed by atoms with Crippen LogP contribution >= 0.6 is 0 Å². The van der Waals surface area contributed by atoms with Gasteiger partial charge in [0.25, 0.3) is 5.91 Å². The van der Waals surface area contributed by atoms with Crippen molar-refractivity contribution >= 4 is 11.6 Å². The van der Waals surface area contributed by atoms with Crippen LogP contribution in [0.15, 0.2) is 78.9 Å². The molecule has 1 unspecified atom stereocenters. The highest BCUT2D eigenvalue weighted by Gasteiger charge is 2.10. The van der Waals surface area contributed by atoms with E-state index in [1.54, 1.807) is 24.3 Å². The molecule has 0 aliphatic heterocycles. The number of amides is 1. The monoisotopic (exact) mass is 397 g/mol. The number of quaternary nitrogens is 1. The van der Waals surface area contributed by atoms with Crippen LogP contribution in [0.25, 0.3) is 0 Å². The number of para-hydroxylation sites is 1. The van der Waals surface area contributed by atoms with Crippen molar-refractivity contribution in [3.63, 3.8) is 0 Å². The number of ether oxygens (including phenoxy) is 1. The normalized spacial score (nSPS) is 11.9. The molecule has 6 heteroatoms. The fraction of sp³-hybridized carbons (Fsp3) is 0.174. The molecule has 29 heavy (non-hydrogen) atoms. The molecule has 0 spiro atoms. The summed E-state index contributed by atoms with van der Waals surface area (Å²) >= 11 is 0. The van der Waals surface area contributed by atoms with Gasteiger partial charge in [-0.1, -0.05) is 30.3 Å². The van der Waals surface area contributed by atoms with Crippen LogP contribution in [0.2, 0.25) is 0 Å². The zero-order valence-corrected chi connectivity index (χ0v) is 16.1. The van der Waals surface area contributed by atoms with Gasteiger partial charge in [0, 0.05) is 22.4 Å². The van der Waals surface area contributed by atoms with E-state index in [2.05, 4.69) is 17.1 Å². The van der Waals surface area contributed by atoms with Crippen LogP contribution in [0, 0.1) is 0 Å². The van der Waals surface area contributed by atoms with Crippen molar-refractivity contribution in [2.75, 3.05) is 12.4 Å². The predicted molar refractivity (Wildman–Crippen MR) is 108 cm³/mol. The van der Waals surface area contributed by atoms with E-state index >= 15 is 0 Å². The average molecular weight is 397 g/mol. The molecule has 3 rings (SSSR count). The summed E-state index contributed by atoms with van der Waals surface area (Å²) in [5, 5.41) is 2.87. The molecule has 3 aromatic rings. The van der Waals surface area contributed by atoms with Gasteiger partial charge < -0.3 is 15.0 Å². The maximum absolute atomic E-state index is 12.3. The van der Waals surface area contributed by atoms with Gasteiger partial charge in [0.15, 0.2) is 0 Å². The number of alkyl halides is 2. The Kier molecular flexibility index (Phi) is 6.92. The van der Waals surface area contributed by atoms with E-state index in [1.165, 1.54) is 4.90 Å². The number of anilines is 1. The Balaban J connectivity index is 1.53. The molecule has 4 nitrogen and oxygen atoms in total. The Hall–Kier alpha value is -3.25. The van der Waals surface area contributed by atoms with E-state index in [-0.39, 0.29) is 11.7 Å². The summed E-state index contributed by atoms with van der Waals surface area (Å²) in [5.41, 5.74) is 3.50. The molecule has 1 atom stereocenters. The molecule has 150 valence electrons. The lowest BCUT2D eigenvalue weighted by molar-refractivity contribution is -0.907. The lowest BCUT2D eigenvalue weighted by atomic mass is 10.1. The molecule has 0 heterocycles. The minimum atomic E-state index is -2.81. The highest BCUT2D eigenvalue weighted by atomic mass is 19.3. The number of hydrogen-bond acceptors (Lipinski definition) is 2. The van der Waals surface area contributed by atoms with Crippen LogP contribution in [-0.2, 0) is 13.1 Å². The molecule has 0 bridgehead atoms. The van der Waals surface area contributed by atoms with Crippen LogP contribution in [0.5, 0.6) is 5.75 Å². The van der Waals surface area contributed by atoms with Crippen molar-refractivity contribution in [2.45, 2.75) is 19.7 Å². The quantitative estimate of drug-likeness (QED) is 0.608. The fourth-order valence-electron chi connectivity index (χ4n) is 3.05. The van der Waals surface area contributed by atoms with Gasteiger partial charge in [-0.25, -0.2) is 0 Å². The molecule has 2 N–H and O–H groups in total. The van der Waals surface area contributed by atoms with Gasteiger partial charge in [0.05, 0.1) is 7.05 Å². The second-order valence-corrected chi connectivity index (χ2v) is 6.85. The lowest BCUT2D eigenvalue weighted by Gasteiger charge is -2.15. The standard InChI is InChI=1S/C23H22F2N2O2/c1-27(16-18-9-13-21(14-10-18)29-23(24)25)15-17-7-11-19(12-8-17)22(28)26-20-5-3-2-4-6-20/h2-14,23H,15-16H2,1H3,(H,26,28)/p+1. The Labute approximate surface area is 168 Å². The molecule has 0 saturated carbocycles. The maximum Gasteiger partial charge on any atom is 0.387 e. The second kappa shape index (κ2) is 9.80. The molecule has 3 aromatic carbocycles. The fourth-order valence-corrected chi connectivity index (χ4v) is 3.05. The van der Waals surface area contributed by atoms with E-state index in [1.807, 2.05) is 54.6 Å². The first-order chi connectivity index (χ1) is 14.0. The molecule has 1 amide bonds. The van der Waals surface area contributed by atoms with Gasteiger partial charge in [-0.15, -0.1) is 0 Å². The number of benzene rings is 3. The molecular formula is C23H23F2N2O2+. The number of carbonyl (C=O) groups is 1. The van der Waals surface area contributed by atoms with Crippen molar-refractivity contribution < 1.29 is 23.2 Å². The lowest BCUT2D eigenvalue weighted by Crippen LogP contribution is -3.06. The van der Waals surface area contributed by atoms with Crippen LogP contribution in [0.1, 0.15) is 21.5 Å². The van der Waals surface area contributed by atoms with Gasteiger partial charge in [-0.05, 0) is 48.5 Å². The van der Waals surface area contributed by atoms with Crippen LogP contribution < -0.4 is 15.0 Å². The minimum Gasteiger partial charge on any atom is -0.435 e. The molecule has 0 aliphatic carbocycles. The first kappa shape index (κ1) is 20.5. The summed E-state index contributed by atoms with van der Waals surface area (Å²) in [4.78, 5) is 13.5. The summed E-state index contributed by atoms with van der Waals surface area (Å²) in [6, 6.07) is 23.5. The molecule has 0 fully saturated rings. The second-order valence-electron chi connectivity index (χ2n) is 6.85. The van der Waals surface area contributed by atoms with Crippen molar-refractivity contribution in [1.29, 1.82) is 0 Å². The van der Waals surface area contributed by atoms with E-state index in [0.29, 0.717) is 5.56 Å². The van der Waals surface area contributed by atoms with E-state index < -0.39 is 6.61 Å². The highest BCUT2D eigenvalue weighted by molar-refractivity contribution is 6.04. The molecule has 0 radical (unpaired) electrons. The summed E-state index contributed by atoms with van der Waals surface area (Å²) in [5.74, 6) is 0.0142. The van der Waals surface area contributed by atoms with Crippen LogP contribution in [-0.4, -0.2) is 19.6 Å². The van der Waals surface area contributed by atoms with Gasteiger partial charge in [0.1, 0.15) is 18.8 Å². The Morgan fingerprint density at radius 3 is 2.00 bits per heavy atom. The molecular weight excluding hydrogens is 374 g/mol. The number of carbonyl (C=O) groups excluding carboxylic acids is 1. The Morgan fingerprint density at radius 1 is 0.897 bits per heavy atom. The van der Waals surface area contributed by atoms with Crippen molar-refractivity contribution in [1.82, 2.24) is 0 Å². The van der Waals surface area contributed by atoms with Gasteiger partial charge in [-0.3, -0.25) is 4.79 Å². The number of rotatable bonds is 8. The SMILES string of the molecule is C[NH+](Cc1ccc(OC(F)F)cc1)Cc1ccc(C(=O)Nc2ccccc2)cc1. The summed E-state index contributed by atoms with van der Waals surface area (Å²) in [6.45, 7) is -1.30. The largest absolute Gasteiger partial charge is 0.435 e. The summed E-state index contributed by atoms with van der Waals surface area (Å²) in [6.07, 6.45) is 0. The average Bonchev–Trinajstić information content (AvgIpc) is 2.70. The third kappa shape index (κ3) is 6.40. The third-order valence-corrected chi connectivity index (χ3v) is 4.41. The van der Waals surface area contributed by atoms with Crippen molar-refractivity contribution in [3.05, 3.63) is 95.6 Å². The minimum absolute atomic E-state index is 0.144. The van der Waals surface area contributed by atoms with Crippen LogP contribution in [0.4, 0.5) is 14.5 Å². The zero-order valence-electron chi connectivity index (χ0n) is 16.1. The summed E-state index contributed by atoms with van der Waals surface area (Å²) in [7, 11) is 2.06. The first-order valence-electron chi connectivity index (χ1n) is 9.30. The van der Waals surface area contributed by atoms with E-state index in [9.17, 15) is 13.6 Å². The van der Waals surface area contributed by atoms with Gasteiger partial charge >= 0.3 is 6.61 Å². The van der Waals surface area contributed by atoms with Crippen LogP contribution in [0.3, 0.4) is 0 Å². The Bertz CT molecular complexity index is 914. The van der Waals surface area contributed by atoms with E-state index in [4.69, 9.17) is 0 Å². The first-order valence-corrected chi connectivity index (χ1v) is 9.30. The van der Waals surface area contributed by atoms with E-state index in [0.717, 1.165) is 29.9 Å². The van der Waals surface area contributed by atoms with Crippen molar-refractivity contribution in [3.8, 4) is 5.75 Å². The molecule has 0 aliphatic rings. The van der Waals surface area contributed by atoms with Gasteiger partial charge in [0.2, 0.25) is 0 Å². The number of halogens is 2. The maximum atomic E-state index is 12.3. The predicted octanol–water partition coefficient (Wildman–Crippen LogP) is 3.76. The van der Waals surface area contributed by atoms with Crippen molar-refractivity contribution in [2.24, 2.45) is 0 Å². The number of hydrogen-bond donors (Lipinski definition) is 2. The molecule has 0 aromatic heterocycles. The van der Waals surface area contributed by atoms with Gasteiger partial charge in [-0.2, -0.15) is 8.78 Å². The smallest absolute Gasteiger partial charge is 0.387 e. The number of nitrogens with one attached hydrogen (secondary N) is 2. The zero-order chi connectivity index (χ0) is 20.6. The Morgan fingerprint density at radius 2 is 1.45 bits per heavy atom. The highest BCUT2D eigenvalue weighted by Crippen LogP contribution is 2.14.